The number of H-pyrrole nitrogens is 1. The maximum atomic E-state index is 13.9. The van der Waals surface area contributed by atoms with Crippen LogP contribution in [0.3, 0.4) is 0 Å². The Bertz CT molecular complexity index is 1760. The smallest absolute Gasteiger partial charge is 0.326 e. The van der Waals surface area contributed by atoms with E-state index in [2.05, 4.69) is 10.3 Å². The molecule has 4 aromatic carbocycles. The highest BCUT2D eigenvalue weighted by atomic mass is 16.5. The number of ether oxygens (including phenoxy) is 1. The van der Waals surface area contributed by atoms with E-state index in [9.17, 15) is 19.5 Å². The number of rotatable bonds is 11. The predicted molar refractivity (Wildman–Crippen MR) is 170 cm³/mol. The zero-order valence-electron chi connectivity index (χ0n) is 24.9. The molecule has 3 N–H and O–H groups in total. The van der Waals surface area contributed by atoms with Crippen molar-refractivity contribution in [2.75, 3.05) is 7.05 Å². The minimum Gasteiger partial charge on any atom is -0.480 e. The Morgan fingerprint density at radius 3 is 2.16 bits per heavy atom. The van der Waals surface area contributed by atoms with Crippen LogP contribution >= 0.6 is 0 Å². The van der Waals surface area contributed by atoms with Crippen LogP contribution in [0.2, 0.25) is 0 Å². The van der Waals surface area contributed by atoms with Crippen molar-refractivity contribution in [2.24, 2.45) is 0 Å². The number of nitrogens with zero attached hydrogens (tertiary/aromatic N) is 1. The average molecular weight is 590 g/mol. The molecule has 0 unspecified atom stereocenters. The Hall–Kier alpha value is -5.37. The van der Waals surface area contributed by atoms with Crippen molar-refractivity contribution in [3.63, 3.8) is 0 Å². The molecule has 0 radical (unpaired) electrons. The quantitative estimate of drug-likeness (QED) is 0.173. The molecule has 0 saturated carbocycles. The van der Waals surface area contributed by atoms with Crippen LogP contribution in [0, 0.1) is 13.8 Å². The van der Waals surface area contributed by atoms with Gasteiger partial charge in [0.05, 0.1) is 0 Å². The Morgan fingerprint density at radius 1 is 0.841 bits per heavy atom. The van der Waals surface area contributed by atoms with Crippen LogP contribution in [0.15, 0.2) is 103 Å². The van der Waals surface area contributed by atoms with E-state index in [0.717, 1.165) is 33.2 Å². The fourth-order valence-corrected chi connectivity index (χ4v) is 5.38. The van der Waals surface area contributed by atoms with Gasteiger partial charge in [0.1, 0.15) is 23.6 Å². The van der Waals surface area contributed by atoms with E-state index >= 15 is 0 Å². The third kappa shape index (κ3) is 7.15. The van der Waals surface area contributed by atoms with Crippen LogP contribution in [-0.4, -0.2) is 51.9 Å². The summed E-state index contributed by atoms with van der Waals surface area (Å²) in [5.41, 5.74) is 4.77. The maximum absolute atomic E-state index is 13.9. The second-order valence-electron chi connectivity index (χ2n) is 11.0. The van der Waals surface area contributed by atoms with Crippen molar-refractivity contribution in [3.05, 3.63) is 131 Å². The first-order valence-electron chi connectivity index (χ1n) is 14.4. The van der Waals surface area contributed by atoms with Gasteiger partial charge in [-0.3, -0.25) is 9.59 Å². The largest absolute Gasteiger partial charge is 0.480 e. The molecule has 0 bridgehead atoms. The van der Waals surface area contributed by atoms with E-state index in [1.807, 2.05) is 86.6 Å². The van der Waals surface area contributed by atoms with Gasteiger partial charge in [-0.1, -0.05) is 65.7 Å². The van der Waals surface area contributed by atoms with Crippen molar-refractivity contribution in [1.29, 1.82) is 0 Å². The number of nitrogens with one attached hydrogen (secondary N) is 2. The SMILES string of the molecule is Cc1cc(C)cc(C(=O)N(C)[C@@H](Cc2ccc(Oc3ccccc3)cc2)C(=O)N[C@@H](Cc2c[nH]c3ccccc23)C(=O)O)c1. The van der Waals surface area contributed by atoms with Crippen molar-refractivity contribution >= 4 is 28.7 Å². The van der Waals surface area contributed by atoms with Crippen LogP contribution in [0.1, 0.15) is 32.6 Å². The lowest BCUT2D eigenvalue weighted by Gasteiger charge is -2.29. The molecule has 0 spiro atoms. The number of fused-ring (bicyclic) bond motifs is 1. The van der Waals surface area contributed by atoms with E-state index < -0.39 is 24.0 Å². The second-order valence-corrected chi connectivity index (χ2v) is 11.0. The number of hydrogen-bond donors (Lipinski definition) is 3. The summed E-state index contributed by atoms with van der Waals surface area (Å²) < 4.78 is 5.90. The molecule has 0 aliphatic rings. The van der Waals surface area contributed by atoms with Gasteiger partial charge < -0.3 is 25.0 Å². The van der Waals surface area contributed by atoms with Crippen molar-refractivity contribution in [1.82, 2.24) is 15.2 Å². The summed E-state index contributed by atoms with van der Waals surface area (Å²) in [6.07, 6.45) is 2.01. The van der Waals surface area contributed by atoms with Gasteiger partial charge in [-0.15, -0.1) is 0 Å². The molecule has 2 amide bonds. The van der Waals surface area contributed by atoms with Gasteiger partial charge in [-0.05, 0) is 67.4 Å². The average Bonchev–Trinajstić information content (AvgIpc) is 3.42. The van der Waals surface area contributed by atoms with Gasteiger partial charge in [-0.2, -0.15) is 0 Å². The van der Waals surface area contributed by atoms with Gasteiger partial charge in [0.2, 0.25) is 5.91 Å². The topological polar surface area (TPSA) is 112 Å². The number of hydrogen-bond acceptors (Lipinski definition) is 4. The molecule has 8 nitrogen and oxygen atoms in total. The van der Waals surface area contributed by atoms with Crippen LogP contribution in [0.5, 0.6) is 11.5 Å². The molecule has 0 aliphatic heterocycles. The number of para-hydroxylation sites is 2. The summed E-state index contributed by atoms with van der Waals surface area (Å²) in [6, 6.07) is 27.7. The van der Waals surface area contributed by atoms with E-state index in [1.165, 1.54) is 4.90 Å². The van der Waals surface area contributed by atoms with E-state index in [1.54, 1.807) is 37.5 Å². The van der Waals surface area contributed by atoms with Crippen molar-refractivity contribution < 1.29 is 24.2 Å². The molecule has 0 fully saturated rings. The zero-order valence-corrected chi connectivity index (χ0v) is 24.9. The van der Waals surface area contributed by atoms with E-state index in [-0.39, 0.29) is 18.7 Å². The predicted octanol–water partition coefficient (Wildman–Crippen LogP) is 6.07. The fraction of sp³-hybridized carbons (Fsp3) is 0.194. The molecule has 224 valence electrons. The molecule has 1 aromatic heterocycles. The fourth-order valence-electron chi connectivity index (χ4n) is 5.38. The summed E-state index contributed by atoms with van der Waals surface area (Å²) in [5.74, 6) is -0.712. The van der Waals surface area contributed by atoms with Crippen LogP contribution in [0.25, 0.3) is 10.9 Å². The first-order chi connectivity index (χ1) is 21.2. The van der Waals surface area contributed by atoms with Gasteiger partial charge in [0.25, 0.3) is 5.91 Å². The number of carbonyl (C=O) groups is 3. The Labute approximate surface area is 256 Å². The van der Waals surface area contributed by atoms with Crippen LogP contribution in [-0.2, 0) is 22.4 Å². The number of aliphatic carboxylic acids is 1. The van der Waals surface area contributed by atoms with Crippen molar-refractivity contribution in [2.45, 2.75) is 38.8 Å². The maximum Gasteiger partial charge on any atom is 0.326 e. The molecule has 5 rings (SSSR count). The zero-order chi connectivity index (χ0) is 31.2. The minimum atomic E-state index is -1.20. The number of carbonyl (C=O) groups excluding carboxylic acids is 2. The Morgan fingerprint density at radius 2 is 1.48 bits per heavy atom. The number of aromatic nitrogens is 1. The highest BCUT2D eigenvalue weighted by Gasteiger charge is 2.32. The molecule has 5 aromatic rings. The first kappa shape index (κ1) is 30.1. The molecule has 8 heteroatoms. The number of likely N-dealkylation sites (N-methyl/N-ethyl adjacent to an activating group) is 1. The number of amides is 2. The van der Waals surface area contributed by atoms with Gasteiger partial charge in [0.15, 0.2) is 0 Å². The molecule has 44 heavy (non-hydrogen) atoms. The third-order valence-corrected chi connectivity index (χ3v) is 7.60. The number of benzene rings is 4. The van der Waals surface area contributed by atoms with Crippen LogP contribution in [0.4, 0.5) is 0 Å². The summed E-state index contributed by atoms with van der Waals surface area (Å²) in [4.78, 5) is 44.4. The minimum absolute atomic E-state index is 0.0814. The molecule has 1 heterocycles. The normalized spacial score (nSPS) is 12.3. The Kier molecular flexibility index (Phi) is 9.09. The Balaban J connectivity index is 1.39. The molecular weight excluding hydrogens is 554 g/mol. The number of carboxylic acid groups (broad SMARTS) is 1. The summed E-state index contributed by atoms with van der Waals surface area (Å²) in [7, 11) is 1.58. The van der Waals surface area contributed by atoms with Crippen LogP contribution < -0.4 is 10.1 Å². The summed E-state index contributed by atoms with van der Waals surface area (Å²) in [5, 5.41) is 13.7. The number of carboxylic acids is 1. The van der Waals surface area contributed by atoms with Gasteiger partial charge in [-0.25, -0.2) is 4.79 Å². The van der Waals surface area contributed by atoms with Crippen molar-refractivity contribution in [3.8, 4) is 11.5 Å². The molecular formula is C36H35N3O5. The monoisotopic (exact) mass is 589 g/mol. The lowest BCUT2D eigenvalue weighted by atomic mass is 10.0. The molecule has 0 aliphatic carbocycles. The first-order valence-corrected chi connectivity index (χ1v) is 14.4. The lowest BCUT2D eigenvalue weighted by molar-refractivity contribution is -0.142. The molecule has 2 atom stereocenters. The highest BCUT2D eigenvalue weighted by molar-refractivity contribution is 5.98. The highest BCUT2D eigenvalue weighted by Crippen LogP contribution is 2.23. The number of aromatic amines is 1. The second kappa shape index (κ2) is 13.3. The van der Waals surface area contributed by atoms with Gasteiger partial charge in [0, 0.05) is 42.6 Å². The van der Waals surface area contributed by atoms with Gasteiger partial charge >= 0.3 is 5.97 Å². The van der Waals surface area contributed by atoms with E-state index in [0.29, 0.717) is 17.1 Å². The lowest BCUT2D eigenvalue weighted by Crippen LogP contribution is -2.53. The number of aryl methyl sites for hydroxylation is 2. The summed E-state index contributed by atoms with van der Waals surface area (Å²) >= 11 is 0. The molecule has 0 saturated heterocycles. The third-order valence-electron chi connectivity index (χ3n) is 7.60. The standard InChI is InChI=1S/C36H35N3O5/c1-23-17-24(2)19-26(18-23)35(41)39(3)33(20-25-13-15-29(16-14-25)44-28-9-5-4-6-10-28)34(40)38-32(36(42)43)21-27-22-37-31-12-8-7-11-30(27)31/h4-19,22,32-33,37H,20-21H2,1-3H3,(H,38,40)(H,42,43)/t32-,33-/m0/s1. The van der Waals surface area contributed by atoms with E-state index in [4.69, 9.17) is 4.74 Å². The summed E-state index contributed by atoms with van der Waals surface area (Å²) in [6.45, 7) is 3.82.